The summed E-state index contributed by atoms with van der Waals surface area (Å²) in [5.41, 5.74) is 17.5. The van der Waals surface area contributed by atoms with Gasteiger partial charge in [0.1, 0.15) is 11.2 Å². The highest BCUT2D eigenvalue weighted by Crippen LogP contribution is 2.57. The molecule has 0 aliphatic heterocycles. The maximum atomic E-state index is 9.86. The Morgan fingerprint density at radius 1 is 0.537 bits per heavy atom. The summed E-state index contributed by atoms with van der Waals surface area (Å²) < 4.78 is 6.35. The molecule has 1 saturated carbocycles. The highest BCUT2D eigenvalue weighted by molar-refractivity contribution is 6.05. The molecule has 0 bridgehead atoms. The molecule has 258 valence electrons. The zero-order valence-electron chi connectivity index (χ0n) is 30.4. The van der Waals surface area contributed by atoms with Gasteiger partial charge in [-0.3, -0.25) is 0 Å². The van der Waals surface area contributed by atoms with Crippen molar-refractivity contribution in [2.75, 3.05) is 0 Å². The van der Waals surface area contributed by atoms with E-state index in [2.05, 4.69) is 129 Å². The summed E-state index contributed by atoms with van der Waals surface area (Å²) in [6.45, 7) is 4.63. The molecule has 6 aromatic carbocycles. The van der Waals surface area contributed by atoms with Gasteiger partial charge in [-0.25, -0.2) is 9.97 Å². The van der Waals surface area contributed by atoms with Crippen LogP contribution in [-0.4, -0.2) is 9.97 Å². The summed E-state index contributed by atoms with van der Waals surface area (Å²) in [5.74, 6) is 0.705. The molecular weight excluding hydrogens is 659 g/mol. The third kappa shape index (κ3) is 4.42. The average molecular weight is 696 g/mol. The Morgan fingerprint density at radius 3 is 1.96 bits per heavy atom. The standard InChI is InChI=1S/C50H37N3O/c1-49(2)40-12-6-4-10-34(40)35-20-17-33(26-41(35)49)48-52-44(28-45(53-48)32-16-21-39-38-11-5-7-13-46(38)54-47(39)27-32)31-15-19-37-36-18-14-30(29-51)24-42(36)50(43(37)25-31)22-8-3-9-23-50/h4-7,10-21,24-28H,3,8-9,22-23H2,1-2H3. The van der Waals surface area contributed by atoms with E-state index >= 15 is 0 Å². The summed E-state index contributed by atoms with van der Waals surface area (Å²) in [6, 6.07) is 47.9. The van der Waals surface area contributed by atoms with Crippen molar-refractivity contribution in [2.24, 2.45) is 0 Å². The molecule has 8 aromatic rings. The van der Waals surface area contributed by atoms with Gasteiger partial charge in [0.15, 0.2) is 5.82 Å². The van der Waals surface area contributed by atoms with Gasteiger partial charge in [-0.15, -0.1) is 0 Å². The van der Waals surface area contributed by atoms with Crippen LogP contribution in [-0.2, 0) is 10.8 Å². The highest BCUT2D eigenvalue weighted by Gasteiger charge is 2.44. The third-order valence-electron chi connectivity index (χ3n) is 12.7. The average Bonchev–Trinajstić information content (AvgIpc) is 3.80. The molecule has 4 heteroatoms. The van der Waals surface area contributed by atoms with Crippen molar-refractivity contribution in [2.45, 2.75) is 56.8 Å². The molecule has 3 aliphatic carbocycles. The maximum absolute atomic E-state index is 9.86. The fourth-order valence-corrected chi connectivity index (χ4v) is 10.0. The molecule has 0 radical (unpaired) electrons. The molecule has 0 amide bonds. The van der Waals surface area contributed by atoms with Crippen molar-refractivity contribution in [3.8, 4) is 62.2 Å². The van der Waals surface area contributed by atoms with Gasteiger partial charge in [-0.1, -0.05) is 112 Å². The molecule has 11 rings (SSSR count). The Hall–Kier alpha value is -6.31. The lowest BCUT2D eigenvalue weighted by atomic mass is 9.67. The lowest BCUT2D eigenvalue weighted by Crippen LogP contribution is -2.28. The first-order chi connectivity index (χ1) is 26.4. The fraction of sp³-hybridized carbons (Fsp3) is 0.180. The van der Waals surface area contributed by atoms with Gasteiger partial charge in [0, 0.05) is 38.3 Å². The van der Waals surface area contributed by atoms with Crippen molar-refractivity contribution in [1.82, 2.24) is 9.97 Å². The first-order valence-corrected chi connectivity index (χ1v) is 19.2. The quantitative estimate of drug-likeness (QED) is 0.185. The first kappa shape index (κ1) is 31.2. The molecule has 2 heterocycles. The van der Waals surface area contributed by atoms with Crippen LogP contribution in [0.4, 0.5) is 0 Å². The van der Waals surface area contributed by atoms with E-state index in [1.165, 1.54) is 63.8 Å². The number of hydrogen-bond donors (Lipinski definition) is 0. The minimum absolute atomic E-state index is 0.0859. The van der Waals surface area contributed by atoms with Crippen LogP contribution in [0.2, 0.25) is 0 Å². The van der Waals surface area contributed by atoms with Crippen LogP contribution >= 0.6 is 0 Å². The smallest absolute Gasteiger partial charge is 0.160 e. The Balaban J connectivity index is 1.10. The van der Waals surface area contributed by atoms with Crippen molar-refractivity contribution < 1.29 is 4.42 Å². The summed E-state index contributed by atoms with van der Waals surface area (Å²) >= 11 is 0. The van der Waals surface area contributed by atoms with Crippen LogP contribution < -0.4 is 0 Å². The predicted molar refractivity (Wildman–Crippen MR) is 217 cm³/mol. The topological polar surface area (TPSA) is 62.7 Å². The van der Waals surface area contributed by atoms with Crippen LogP contribution in [0.1, 0.15) is 73.8 Å². The van der Waals surface area contributed by atoms with E-state index in [-0.39, 0.29) is 10.8 Å². The molecule has 54 heavy (non-hydrogen) atoms. The second-order valence-electron chi connectivity index (χ2n) is 16.0. The van der Waals surface area contributed by atoms with Crippen LogP contribution in [0, 0.1) is 11.3 Å². The molecule has 1 fully saturated rings. The first-order valence-electron chi connectivity index (χ1n) is 19.2. The molecule has 1 spiro atoms. The number of benzene rings is 6. The van der Waals surface area contributed by atoms with Gasteiger partial charge >= 0.3 is 0 Å². The normalized spacial score (nSPS) is 15.9. The van der Waals surface area contributed by atoms with Gasteiger partial charge in [-0.2, -0.15) is 5.26 Å². The Kier molecular flexibility index (Phi) is 6.56. The molecule has 0 saturated heterocycles. The van der Waals surface area contributed by atoms with Gasteiger partial charge in [-0.05, 0) is 106 Å². The molecular formula is C50H37N3O. The Bertz CT molecular complexity index is 2920. The number of rotatable bonds is 3. The highest BCUT2D eigenvalue weighted by atomic mass is 16.3. The number of aromatic nitrogens is 2. The molecule has 4 nitrogen and oxygen atoms in total. The molecule has 2 aromatic heterocycles. The van der Waals surface area contributed by atoms with Gasteiger partial charge in [0.05, 0.1) is 23.0 Å². The van der Waals surface area contributed by atoms with E-state index in [1.807, 2.05) is 18.2 Å². The lowest BCUT2D eigenvalue weighted by Gasteiger charge is -2.36. The lowest BCUT2D eigenvalue weighted by molar-refractivity contribution is 0.353. The summed E-state index contributed by atoms with van der Waals surface area (Å²) in [6.07, 6.45) is 5.81. The van der Waals surface area contributed by atoms with Gasteiger partial charge in [0.25, 0.3) is 0 Å². The van der Waals surface area contributed by atoms with Crippen LogP contribution in [0.5, 0.6) is 0 Å². The van der Waals surface area contributed by atoms with Gasteiger partial charge in [0.2, 0.25) is 0 Å². The molecule has 3 aliphatic rings. The predicted octanol–water partition coefficient (Wildman–Crippen LogP) is 12.8. The number of furan rings is 1. The number of fused-ring (bicyclic) bond motifs is 11. The summed E-state index contributed by atoms with van der Waals surface area (Å²) in [7, 11) is 0. The molecule has 0 atom stereocenters. The zero-order valence-corrected chi connectivity index (χ0v) is 30.4. The Labute approximate surface area is 314 Å². The van der Waals surface area contributed by atoms with Crippen LogP contribution in [0.3, 0.4) is 0 Å². The maximum Gasteiger partial charge on any atom is 0.160 e. The second-order valence-corrected chi connectivity index (χ2v) is 16.0. The van der Waals surface area contributed by atoms with Crippen molar-refractivity contribution in [3.05, 3.63) is 155 Å². The van der Waals surface area contributed by atoms with Crippen molar-refractivity contribution in [1.29, 1.82) is 5.26 Å². The van der Waals surface area contributed by atoms with Crippen molar-refractivity contribution in [3.63, 3.8) is 0 Å². The summed E-state index contributed by atoms with van der Waals surface area (Å²) in [4.78, 5) is 10.7. The SMILES string of the molecule is CC1(C)c2ccccc2-c2ccc(-c3nc(-c4ccc5c(c4)C4(CCCCC4)c4cc(C#N)ccc4-5)cc(-c4ccc5c(c4)oc4ccccc45)n3)cc21. The van der Waals surface area contributed by atoms with Gasteiger partial charge < -0.3 is 4.42 Å². The monoisotopic (exact) mass is 695 g/mol. The zero-order chi connectivity index (χ0) is 36.2. The van der Waals surface area contributed by atoms with E-state index in [0.717, 1.165) is 68.4 Å². The van der Waals surface area contributed by atoms with E-state index in [1.54, 1.807) is 0 Å². The van der Waals surface area contributed by atoms with E-state index in [9.17, 15) is 5.26 Å². The number of para-hydroxylation sites is 1. The molecule has 0 unspecified atom stereocenters. The molecule has 0 N–H and O–H groups in total. The largest absolute Gasteiger partial charge is 0.456 e. The fourth-order valence-electron chi connectivity index (χ4n) is 10.0. The number of nitriles is 1. The van der Waals surface area contributed by atoms with E-state index in [0.29, 0.717) is 5.82 Å². The number of nitrogens with zero attached hydrogens (tertiary/aromatic N) is 3. The van der Waals surface area contributed by atoms with Crippen molar-refractivity contribution >= 4 is 21.9 Å². The van der Waals surface area contributed by atoms with Crippen LogP contribution in [0.15, 0.2) is 132 Å². The summed E-state index contributed by atoms with van der Waals surface area (Å²) in [5, 5.41) is 12.1. The van der Waals surface area contributed by atoms with E-state index < -0.39 is 0 Å². The minimum atomic E-state index is -0.135. The number of hydrogen-bond acceptors (Lipinski definition) is 4. The van der Waals surface area contributed by atoms with E-state index in [4.69, 9.17) is 14.4 Å². The van der Waals surface area contributed by atoms with Crippen LogP contribution in [0.25, 0.3) is 78.1 Å². The second kappa shape index (κ2) is 11.3. The Morgan fingerprint density at radius 2 is 1.15 bits per heavy atom. The minimum Gasteiger partial charge on any atom is -0.456 e. The third-order valence-corrected chi connectivity index (χ3v) is 12.7.